The van der Waals surface area contributed by atoms with Crippen LogP contribution in [-0.2, 0) is 0 Å². The zero-order valence-corrected chi connectivity index (χ0v) is 11.8. The first-order chi connectivity index (χ1) is 8.36. The third-order valence-electron chi connectivity index (χ3n) is 6.72. The minimum absolute atomic E-state index is 0.142. The van der Waals surface area contributed by atoms with Crippen LogP contribution in [0.2, 0.25) is 0 Å². The van der Waals surface area contributed by atoms with E-state index in [4.69, 9.17) is 0 Å². The van der Waals surface area contributed by atoms with E-state index in [9.17, 15) is 10.3 Å². The van der Waals surface area contributed by atoms with Crippen molar-refractivity contribution < 1.29 is 10.3 Å². The molecule has 0 aromatic heterocycles. The molecule has 6 atom stereocenters. The summed E-state index contributed by atoms with van der Waals surface area (Å²) >= 11 is 0. The van der Waals surface area contributed by atoms with E-state index in [1.807, 2.05) is 0 Å². The molecular weight excluding hydrogens is 226 g/mol. The SMILES string of the molecule is C[C@@H]1CC[C@]23C[C@@H]1C(C)(C)[C@@H]2/C(=N/O)C(O)[C@@H]3C. The van der Waals surface area contributed by atoms with Gasteiger partial charge >= 0.3 is 0 Å². The van der Waals surface area contributed by atoms with E-state index >= 15 is 0 Å². The minimum atomic E-state index is -0.548. The van der Waals surface area contributed by atoms with Gasteiger partial charge in [0.05, 0.1) is 11.8 Å². The number of rotatable bonds is 0. The van der Waals surface area contributed by atoms with Crippen molar-refractivity contribution in [1.82, 2.24) is 0 Å². The predicted octanol–water partition coefficient (Wildman–Crippen LogP) is 2.91. The molecule has 18 heavy (non-hydrogen) atoms. The zero-order valence-electron chi connectivity index (χ0n) is 11.8. The Labute approximate surface area is 109 Å². The van der Waals surface area contributed by atoms with Crippen molar-refractivity contribution in [1.29, 1.82) is 0 Å². The van der Waals surface area contributed by atoms with E-state index in [-0.39, 0.29) is 22.7 Å². The summed E-state index contributed by atoms with van der Waals surface area (Å²) in [5.74, 6) is 1.93. The Morgan fingerprint density at radius 1 is 1.28 bits per heavy atom. The van der Waals surface area contributed by atoms with E-state index in [2.05, 4.69) is 32.9 Å². The Hall–Kier alpha value is -0.570. The molecule has 3 fully saturated rings. The standard InChI is InChI=1S/C15H25NO2/c1-8-5-6-15-7-10(8)14(3,4)13(15)11(16-18)12(17)9(15)2/h8-10,12-13,17-18H,5-7H2,1-4H3/b16-11+/t8-,9+,10+,12?,13+,15-/m1/s1. The van der Waals surface area contributed by atoms with E-state index in [0.29, 0.717) is 11.6 Å². The predicted molar refractivity (Wildman–Crippen MR) is 70.6 cm³/mol. The Morgan fingerprint density at radius 3 is 2.56 bits per heavy atom. The van der Waals surface area contributed by atoms with Crippen LogP contribution in [0.25, 0.3) is 0 Å². The molecule has 102 valence electrons. The highest BCUT2D eigenvalue weighted by Crippen LogP contribution is 2.71. The Bertz CT molecular complexity index is 403. The van der Waals surface area contributed by atoms with Crippen molar-refractivity contribution in [3.8, 4) is 0 Å². The molecule has 3 rings (SSSR count). The fourth-order valence-electron chi connectivity index (χ4n) is 5.83. The Balaban J connectivity index is 2.14. The molecule has 0 heterocycles. The molecule has 0 aromatic carbocycles. The highest BCUT2D eigenvalue weighted by Gasteiger charge is 2.69. The number of aliphatic hydroxyl groups is 1. The summed E-state index contributed by atoms with van der Waals surface area (Å²) in [4.78, 5) is 0. The van der Waals surface area contributed by atoms with Gasteiger partial charge in [-0.1, -0.05) is 32.9 Å². The molecule has 0 amide bonds. The lowest BCUT2D eigenvalue weighted by Crippen LogP contribution is -2.35. The maximum absolute atomic E-state index is 10.4. The van der Waals surface area contributed by atoms with Gasteiger partial charge in [-0.05, 0) is 47.8 Å². The van der Waals surface area contributed by atoms with Gasteiger partial charge in [-0.25, -0.2) is 0 Å². The van der Waals surface area contributed by atoms with Crippen LogP contribution in [0.4, 0.5) is 0 Å². The lowest BCUT2D eigenvalue weighted by molar-refractivity contribution is 0.0533. The molecule has 3 aliphatic carbocycles. The Morgan fingerprint density at radius 2 is 1.94 bits per heavy atom. The van der Waals surface area contributed by atoms with Crippen molar-refractivity contribution in [3.63, 3.8) is 0 Å². The smallest absolute Gasteiger partial charge is 0.0988 e. The summed E-state index contributed by atoms with van der Waals surface area (Å²) in [6.07, 6.45) is 3.08. The van der Waals surface area contributed by atoms with Crippen molar-refractivity contribution in [3.05, 3.63) is 0 Å². The van der Waals surface area contributed by atoms with Crippen LogP contribution < -0.4 is 0 Å². The number of aliphatic hydroxyl groups excluding tert-OH is 1. The molecule has 3 heteroatoms. The summed E-state index contributed by atoms with van der Waals surface area (Å²) in [6.45, 7) is 9.12. The van der Waals surface area contributed by atoms with Crippen LogP contribution in [0, 0.1) is 34.5 Å². The summed E-state index contributed by atoms with van der Waals surface area (Å²) < 4.78 is 0. The Kier molecular flexibility index (Phi) is 2.42. The lowest BCUT2D eigenvalue weighted by Gasteiger charge is -2.39. The fourth-order valence-corrected chi connectivity index (χ4v) is 5.83. The van der Waals surface area contributed by atoms with Gasteiger partial charge in [0.2, 0.25) is 0 Å². The molecule has 3 aliphatic rings. The summed E-state index contributed by atoms with van der Waals surface area (Å²) in [5, 5.41) is 23.2. The zero-order chi connectivity index (χ0) is 13.3. The van der Waals surface area contributed by atoms with Gasteiger partial charge in [-0.3, -0.25) is 0 Å². The second-order valence-corrected chi connectivity index (χ2v) is 7.57. The molecule has 3 saturated carbocycles. The molecule has 3 nitrogen and oxygen atoms in total. The van der Waals surface area contributed by atoms with Crippen LogP contribution in [0.15, 0.2) is 5.16 Å². The highest BCUT2D eigenvalue weighted by atomic mass is 16.4. The van der Waals surface area contributed by atoms with Crippen molar-refractivity contribution in [2.45, 2.75) is 53.1 Å². The molecule has 1 spiro atoms. The fraction of sp³-hybridized carbons (Fsp3) is 0.933. The average molecular weight is 251 g/mol. The second-order valence-electron chi connectivity index (χ2n) is 7.57. The number of oxime groups is 1. The van der Waals surface area contributed by atoms with Crippen LogP contribution in [0.1, 0.15) is 47.0 Å². The molecular formula is C15H25NO2. The number of hydrogen-bond acceptors (Lipinski definition) is 3. The van der Waals surface area contributed by atoms with E-state index in [1.54, 1.807) is 0 Å². The minimum Gasteiger partial charge on any atom is -0.411 e. The molecule has 2 bridgehead atoms. The molecule has 1 unspecified atom stereocenters. The third-order valence-corrected chi connectivity index (χ3v) is 6.72. The summed E-state index contributed by atoms with van der Waals surface area (Å²) in [6, 6.07) is 0. The second kappa shape index (κ2) is 3.50. The summed E-state index contributed by atoms with van der Waals surface area (Å²) in [7, 11) is 0. The van der Waals surface area contributed by atoms with Gasteiger partial charge in [0.1, 0.15) is 0 Å². The third kappa shape index (κ3) is 1.17. The van der Waals surface area contributed by atoms with Gasteiger partial charge in [0, 0.05) is 5.92 Å². The van der Waals surface area contributed by atoms with Gasteiger partial charge in [-0.2, -0.15) is 0 Å². The van der Waals surface area contributed by atoms with Crippen molar-refractivity contribution in [2.24, 2.45) is 39.7 Å². The van der Waals surface area contributed by atoms with Crippen LogP contribution in [0.5, 0.6) is 0 Å². The molecule has 2 N–H and O–H groups in total. The van der Waals surface area contributed by atoms with Crippen LogP contribution >= 0.6 is 0 Å². The van der Waals surface area contributed by atoms with Gasteiger partial charge < -0.3 is 10.3 Å². The normalized spacial score (nSPS) is 55.8. The van der Waals surface area contributed by atoms with Crippen molar-refractivity contribution in [2.75, 3.05) is 0 Å². The first-order valence-corrected chi connectivity index (χ1v) is 7.26. The first kappa shape index (κ1) is 12.5. The van der Waals surface area contributed by atoms with E-state index in [0.717, 1.165) is 5.92 Å². The highest BCUT2D eigenvalue weighted by molar-refractivity contribution is 5.95. The molecule has 0 aliphatic heterocycles. The largest absolute Gasteiger partial charge is 0.411 e. The van der Waals surface area contributed by atoms with Gasteiger partial charge in [0.15, 0.2) is 0 Å². The maximum atomic E-state index is 10.4. The van der Waals surface area contributed by atoms with Crippen LogP contribution in [0.3, 0.4) is 0 Å². The van der Waals surface area contributed by atoms with Gasteiger partial charge in [0.25, 0.3) is 0 Å². The maximum Gasteiger partial charge on any atom is 0.0988 e. The van der Waals surface area contributed by atoms with Gasteiger partial charge in [-0.15, -0.1) is 0 Å². The van der Waals surface area contributed by atoms with E-state index in [1.165, 1.54) is 19.3 Å². The van der Waals surface area contributed by atoms with Crippen molar-refractivity contribution >= 4 is 5.71 Å². The first-order valence-electron chi connectivity index (χ1n) is 7.26. The average Bonchev–Trinajstić information content (AvgIpc) is 2.65. The molecule has 0 saturated heterocycles. The van der Waals surface area contributed by atoms with E-state index < -0.39 is 6.10 Å². The van der Waals surface area contributed by atoms with Crippen LogP contribution in [-0.4, -0.2) is 22.1 Å². The lowest BCUT2D eigenvalue weighted by atomic mass is 9.65. The quantitative estimate of drug-likeness (QED) is 0.514. The number of nitrogens with zero attached hydrogens (tertiary/aromatic N) is 1. The monoisotopic (exact) mass is 251 g/mol. The topological polar surface area (TPSA) is 52.8 Å². The summed E-state index contributed by atoms with van der Waals surface area (Å²) in [5.41, 5.74) is 0.981. The number of hydrogen-bond donors (Lipinski definition) is 2. The molecule has 0 radical (unpaired) electrons. The number of fused-ring (bicyclic) bond motifs is 1. The molecule has 0 aromatic rings.